The van der Waals surface area contributed by atoms with Crippen LogP contribution in [0.15, 0.2) is 30.7 Å². The van der Waals surface area contributed by atoms with E-state index in [1.807, 2.05) is 13.1 Å². The highest BCUT2D eigenvalue weighted by Crippen LogP contribution is 2.33. The summed E-state index contributed by atoms with van der Waals surface area (Å²) in [4.78, 5) is 42.1. The van der Waals surface area contributed by atoms with Gasteiger partial charge in [-0.1, -0.05) is 6.92 Å². The Morgan fingerprint density at radius 2 is 2.04 bits per heavy atom. The van der Waals surface area contributed by atoms with Crippen molar-refractivity contribution in [2.24, 2.45) is 18.7 Å². The molecule has 1 saturated heterocycles. The van der Waals surface area contributed by atoms with Gasteiger partial charge in [-0.15, -0.1) is 0 Å². The van der Waals surface area contributed by atoms with Crippen molar-refractivity contribution in [1.29, 1.82) is 0 Å². The molecule has 2 atom stereocenters. The number of carbonyl (C=O) groups excluding carboxylic acids is 3. The first-order valence-corrected chi connectivity index (χ1v) is 8.71. The number of nitrogens with one attached hydrogen (secondary N) is 1. The molecule has 142 valence electrons. The number of amides is 3. The molecular formula is C18H22N6O3. The molecule has 0 saturated carbocycles. The van der Waals surface area contributed by atoms with Gasteiger partial charge in [-0.2, -0.15) is 5.10 Å². The zero-order valence-corrected chi connectivity index (χ0v) is 15.3. The molecule has 27 heavy (non-hydrogen) atoms. The summed E-state index contributed by atoms with van der Waals surface area (Å²) in [6.07, 6.45) is 6.06. The Kier molecular flexibility index (Phi) is 5.20. The molecule has 1 fully saturated rings. The summed E-state index contributed by atoms with van der Waals surface area (Å²) < 4.78 is 1.72. The molecular weight excluding hydrogens is 348 g/mol. The highest BCUT2D eigenvalue weighted by atomic mass is 16.2. The SMILES string of the molecule is C[C@@H]1CC[C@@H](c2ccnn2C)N(C(=O)C(=O)Nc2cncc(C(N)=O)c2)C1. The fourth-order valence-corrected chi connectivity index (χ4v) is 3.35. The zero-order chi connectivity index (χ0) is 19.6. The lowest BCUT2D eigenvalue weighted by molar-refractivity contribution is -0.146. The molecule has 0 spiro atoms. The van der Waals surface area contributed by atoms with Crippen LogP contribution in [0.25, 0.3) is 0 Å². The van der Waals surface area contributed by atoms with E-state index >= 15 is 0 Å². The Bertz CT molecular complexity index is 877. The number of nitrogens with two attached hydrogens (primary N) is 1. The van der Waals surface area contributed by atoms with Crippen LogP contribution in [-0.4, -0.2) is 43.9 Å². The van der Waals surface area contributed by atoms with Crippen molar-refractivity contribution in [3.63, 3.8) is 0 Å². The van der Waals surface area contributed by atoms with Gasteiger partial charge in [0.2, 0.25) is 5.91 Å². The third-order valence-corrected chi connectivity index (χ3v) is 4.75. The van der Waals surface area contributed by atoms with E-state index in [1.165, 1.54) is 18.5 Å². The van der Waals surface area contributed by atoms with Crippen molar-refractivity contribution in [1.82, 2.24) is 19.7 Å². The number of hydrogen-bond donors (Lipinski definition) is 2. The van der Waals surface area contributed by atoms with E-state index in [9.17, 15) is 14.4 Å². The predicted molar refractivity (Wildman–Crippen MR) is 97.4 cm³/mol. The largest absolute Gasteiger partial charge is 0.366 e. The maximum absolute atomic E-state index is 12.9. The van der Waals surface area contributed by atoms with Crippen molar-refractivity contribution < 1.29 is 14.4 Å². The molecule has 3 rings (SSSR count). The molecule has 9 nitrogen and oxygen atoms in total. The highest BCUT2D eigenvalue weighted by Gasteiger charge is 2.35. The number of anilines is 1. The molecule has 0 aliphatic carbocycles. The summed E-state index contributed by atoms with van der Waals surface area (Å²) in [6.45, 7) is 2.54. The van der Waals surface area contributed by atoms with Gasteiger partial charge in [0.15, 0.2) is 0 Å². The average molecular weight is 370 g/mol. The number of primary amides is 1. The number of rotatable bonds is 3. The first kappa shape index (κ1) is 18.6. The number of hydrogen-bond acceptors (Lipinski definition) is 5. The fourth-order valence-electron chi connectivity index (χ4n) is 3.35. The van der Waals surface area contributed by atoms with Crippen LogP contribution in [0.2, 0.25) is 0 Å². The number of carbonyl (C=O) groups is 3. The summed E-state index contributed by atoms with van der Waals surface area (Å²) in [5, 5.41) is 6.68. The average Bonchev–Trinajstić information content (AvgIpc) is 3.07. The number of likely N-dealkylation sites (tertiary alicyclic amines) is 1. The standard InChI is InChI=1S/C18H22N6O3/c1-11-3-4-15(14-5-6-21-23(14)2)24(10-11)18(27)17(26)22-13-7-12(16(19)25)8-20-9-13/h5-9,11,15H,3-4,10H2,1-2H3,(H2,19,25)(H,22,26)/t11-,15+/m1/s1. The lowest BCUT2D eigenvalue weighted by Gasteiger charge is -2.38. The van der Waals surface area contributed by atoms with Gasteiger partial charge >= 0.3 is 11.8 Å². The maximum atomic E-state index is 12.9. The molecule has 1 aliphatic heterocycles. The van der Waals surface area contributed by atoms with E-state index in [0.717, 1.165) is 18.5 Å². The van der Waals surface area contributed by atoms with E-state index in [4.69, 9.17) is 5.73 Å². The molecule has 0 aromatic carbocycles. The van der Waals surface area contributed by atoms with Gasteiger partial charge in [-0.25, -0.2) is 0 Å². The van der Waals surface area contributed by atoms with Gasteiger partial charge in [-0.05, 0) is 30.9 Å². The molecule has 1 aliphatic rings. The molecule has 3 N–H and O–H groups in total. The number of piperidine rings is 1. The summed E-state index contributed by atoms with van der Waals surface area (Å²) in [6, 6.07) is 3.04. The van der Waals surface area contributed by atoms with E-state index < -0.39 is 17.7 Å². The van der Waals surface area contributed by atoms with E-state index in [0.29, 0.717) is 12.5 Å². The van der Waals surface area contributed by atoms with Crippen molar-refractivity contribution in [2.75, 3.05) is 11.9 Å². The Balaban J connectivity index is 1.79. The van der Waals surface area contributed by atoms with Crippen LogP contribution in [0.4, 0.5) is 5.69 Å². The monoisotopic (exact) mass is 370 g/mol. The summed E-state index contributed by atoms with van der Waals surface area (Å²) in [7, 11) is 1.82. The molecule has 3 heterocycles. The van der Waals surface area contributed by atoms with Gasteiger partial charge in [0.1, 0.15) is 0 Å². The first-order chi connectivity index (χ1) is 12.9. The second-order valence-corrected chi connectivity index (χ2v) is 6.82. The summed E-state index contributed by atoms with van der Waals surface area (Å²) in [5.74, 6) is -1.77. The van der Waals surface area contributed by atoms with Crippen LogP contribution in [-0.2, 0) is 16.6 Å². The topological polar surface area (TPSA) is 123 Å². The smallest absolute Gasteiger partial charge is 0.313 e. The van der Waals surface area contributed by atoms with Crippen molar-refractivity contribution >= 4 is 23.4 Å². The van der Waals surface area contributed by atoms with Gasteiger partial charge < -0.3 is 16.0 Å². The quantitative estimate of drug-likeness (QED) is 0.776. The third kappa shape index (κ3) is 3.97. The molecule has 2 aromatic heterocycles. The fraction of sp³-hybridized carbons (Fsp3) is 0.389. The summed E-state index contributed by atoms with van der Waals surface area (Å²) >= 11 is 0. The van der Waals surface area contributed by atoms with Crippen molar-refractivity contribution in [3.8, 4) is 0 Å². The van der Waals surface area contributed by atoms with Crippen molar-refractivity contribution in [3.05, 3.63) is 42.0 Å². The third-order valence-electron chi connectivity index (χ3n) is 4.75. The van der Waals surface area contributed by atoms with Crippen LogP contribution in [0.1, 0.15) is 41.9 Å². The minimum absolute atomic E-state index is 0.152. The second kappa shape index (κ2) is 7.56. The van der Waals surface area contributed by atoms with E-state index in [-0.39, 0.29) is 17.3 Å². The number of aromatic nitrogens is 3. The number of aryl methyl sites for hydroxylation is 1. The maximum Gasteiger partial charge on any atom is 0.313 e. The number of pyridine rings is 1. The van der Waals surface area contributed by atoms with Crippen LogP contribution in [0.3, 0.4) is 0 Å². The van der Waals surface area contributed by atoms with Crippen LogP contribution in [0, 0.1) is 5.92 Å². The highest BCUT2D eigenvalue weighted by molar-refractivity contribution is 6.39. The Hall–Kier alpha value is -3.23. The molecule has 0 radical (unpaired) electrons. The number of nitrogens with zero attached hydrogens (tertiary/aromatic N) is 4. The normalized spacial score (nSPS) is 19.6. The molecule has 9 heteroatoms. The lowest BCUT2D eigenvalue weighted by Crippen LogP contribution is -2.47. The van der Waals surface area contributed by atoms with Gasteiger partial charge in [0, 0.05) is 26.0 Å². The van der Waals surface area contributed by atoms with E-state index in [1.54, 1.807) is 15.8 Å². The summed E-state index contributed by atoms with van der Waals surface area (Å²) in [5.41, 5.74) is 6.50. The lowest BCUT2D eigenvalue weighted by atomic mass is 9.92. The van der Waals surface area contributed by atoms with Gasteiger partial charge in [0.25, 0.3) is 0 Å². The van der Waals surface area contributed by atoms with Gasteiger partial charge in [0.05, 0.1) is 29.2 Å². The molecule has 0 unspecified atom stereocenters. The van der Waals surface area contributed by atoms with Gasteiger partial charge in [-0.3, -0.25) is 24.0 Å². The predicted octanol–water partition coefficient (Wildman–Crippen LogP) is 0.852. The van der Waals surface area contributed by atoms with Crippen LogP contribution >= 0.6 is 0 Å². The molecule has 0 bridgehead atoms. The van der Waals surface area contributed by atoms with Crippen LogP contribution in [0.5, 0.6) is 0 Å². The second-order valence-electron chi connectivity index (χ2n) is 6.82. The molecule has 2 aromatic rings. The van der Waals surface area contributed by atoms with E-state index in [2.05, 4.69) is 22.3 Å². The minimum Gasteiger partial charge on any atom is -0.366 e. The zero-order valence-electron chi connectivity index (χ0n) is 15.3. The Morgan fingerprint density at radius 3 is 2.70 bits per heavy atom. The minimum atomic E-state index is -0.778. The first-order valence-electron chi connectivity index (χ1n) is 8.71. The Morgan fingerprint density at radius 1 is 1.26 bits per heavy atom. The Labute approximate surface area is 156 Å². The molecule has 3 amide bonds. The van der Waals surface area contributed by atoms with Crippen LogP contribution < -0.4 is 11.1 Å². The van der Waals surface area contributed by atoms with Crippen molar-refractivity contribution in [2.45, 2.75) is 25.8 Å².